The number of aliphatic hydroxyl groups excluding tert-OH is 1. The van der Waals surface area contributed by atoms with Gasteiger partial charge in [0.25, 0.3) is 0 Å². The Balaban J connectivity index is 4.32. The van der Waals surface area contributed by atoms with Crippen molar-refractivity contribution in [3.05, 3.63) is 0 Å². The van der Waals surface area contributed by atoms with Crippen LogP contribution in [-0.4, -0.2) is 36.6 Å². The van der Waals surface area contributed by atoms with Gasteiger partial charge in [-0.1, -0.05) is 20.8 Å². The van der Waals surface area contributed by atoms with Crippen molar-refractivity contribution in [2.45, 2.75) is 46.1 Å². The van der Waals surface area contributed by atoms with Crippen molar-refractivity contribution in [3.8, 4) is 0 Å². The maximum absolute atomic E-state index is 12.0. The Labute approximate surface area is 109 Å². The second-order valence-corrected chi connectivity index (χ2v) is 4.72. The molecule has 0 fully saturated rings. The zero-order valence-electron chi connectivity index (χ0n) is 11.8. The normalized spacial score (nSPS) is 15.6. The highest BCUT2D eigenvalue weighted by molar-refractivity contribution is 5.88. The lowest BCUT2D eigenvalue weighted by molar-refractivity contribution is -0.131. The lowest BCUT2D eigenvalue weighted by Gasteiger charge is -2.22. The fourth-order valence-electron chi connectivity index (χ4n) is 1.75. The molecule has 0 aliphatic carbocycles. The predicted octanol–water partition coefficient (Wildman–Crippen LogP) is 0.672. The van der Waals surface area contributed by atoms with Crippen molar-refractivity contribution in [2.24, 2.45) is 11.8 Å². The number of aliphatic hydroxyl groups is 1. The average Bonchev–Trinajstić information content (AvgIpc) is 2.39. The van der Waals surface area contributed by atoms with E-state index in [-0.39, 0.29) is 30.3 Å². The summed E-state index contributed by atoms with van der Waals surface area (Å²) in [6.45, 7) is 5.85. The smallest absolute Gasteiger partial charge is 0.242 e. The molecule has 3 unspecified atom stereocenters. The minimum Gasteiger partial charge on any atom is -0.396 e. The second-order valence-electron chi connectivity index (χ2n) is 4.72. The molecule has 0 aliphatic rings. The highest BCUT2D eigenvalue weighted by Gasteiger charge is 2.24. The Morgan fingerprint density at radius 2 is 1.83 bits per heavy atom. The molecular formula is C13H26N2O3. The van der Waals surface area contributed by atoms with Crippen LogP contribution in [0.3, 0.4) is 0 Å². The zero-order valence-corrected chi connectivity index (χ0v) is 11.8. The number of carbonyl (C=O) groups is 2. The maximum Gasteiger partial charge on any atom is 0.242 e. The van der Waals surface area contributed by atoms with Gasteiger partial charge in [0.2, 0.25) is 11.8 Å². The Morgan fingerprint density at radius 3 is 2.28 bits per heavy atom. The summed E-state index contributed by atoms with van der Waals surface area (Å²) in [5.41, 5.74) is 0. The summed E-state index contributed by atoms with van der Waals surface area (Å²) in [6.07, 6.45) is 2.08. The fraction of sp³-hybridized carbons (Fsp3) is 0.846. The summed E-state index contributed by atoms with van der Waals surface area (Å²) >= 11 is 0. The van der Waals surface area contributed by atoms with Crippen LogP contribution in [0, 0.1) is 11.8 Å². The Morgan fingerprint density at radius 1 is 1.22 bits per heavy atom. The van der Waals surface area contributed by atoms with Crippen LogP contribution in [-0.2, 0) is 9.59 Å². The molecule has 0 spiro atoms. The van der Waals surface area contributed by atoms with E-state index in [9.17, 15) is 9.59 Å². The van der Waals surface area contributed by atoms with E-state index >= 15 is 0 Å². The van der Waals surface area contributed by atoms with Crippen LogP contribution in [0.2, 0.25) is 0 Å². The van der Waals surface area contributed by atoms with Crippen molar-refractivity contribution in [1.82, 2.24) is 10.6 Å². The fourth-order valence-corrected chi connectivity index (χ4v) is 1.75. The van der Waals surface area contributed by atoms with Crippen molar-refractivity contribution in [1.29, 1.82) is 0 Å². The van der Waals surface area contributed by atoms with Crippen molar-refractivity contribution in [2.75, 3.05) is 13.7 Å². The Kier molecular flexibility index (Phi) is 8.37. The molecule has 0 radical (unpaired) electrons. The molecular weight excluding hydrogens is 232 g/mol. The number of amides is 2. The highest BCUT2D eigenvalue weighted by Crippen LogP contribution is 2.17. The topological polar surface area (TPSA) is 78.4 Å². The van der Waals surface area contributed by atoms with Gasteiger partial charge in [-0.25, -0.2) is 0 Å². The SMILES string of the molecule is CCC(NC(=O)C(C)C(C)CCCO)C(=O)NC. The van der Waals surface area contributed by atoms with Gasteiger partial charge in [-0.15, -0.1) is 0 Å². The summed E-state index contributed by atoms with van der Waals surface area (Å²) in [4.78, 5) is 23.5. The third-order valence-electron chi connectivity index (χ3n) is 3.37. The minimum absolute atomic E-state index is 0.101. The first kappa shape index (κ1) is 16.9. The van der Waals surface area contributed by atoms with E-state index in [4.69, 9.17) is 5.11 Å². The molecule has 0 saturated carbocycles. The molecule has 0 rings (SSSR count). The molecule has 5 heteroatoms. The molecule has 0 aromatic carbocycles. The van der Waals surface area contributed by atoms with Gasteiger partial charge in [-0.3, -0.25) is 9.59 Å². The van der Waals surface area contributed by atoms with Gasteiger partial charge in [-0.05, 0) is 25.2 Å². The molecule has 3 N–H and O–H groups in total. The average molecular weight is 258 g/mol. The van der Waals surface area contributed by atoms with E-state index in [0.29, 0.717) is 12.8 Å². The number of carbonyl (C=O) groups excluding carboxylic acids is 2. The molecule has 0 bridgehead atoms. The lowest BCUT2D eigenvalue weighted by atomic mass is 9.90. The lowest BCUT2D eigenvalue weighted by Crippen LogP contribution is -2.47. The number of hydrogen-bond acceptors (Lipinski definition) is 3. The van der Waals surface area contributed by atoms with Gasteiger partial charge in [0.15, 0.2) is 0 Å². The number of likely N-dealkylation sites (N-methyl/N-ethyl adjacent to an activating group) is 1. The summed E-state index contributed by atoms with van der Waals surface area (Å²) in [6, 6.07) is -0.463. The molecule has 2 amide bonds. The molecule has 18 heavy (non-hydrogen) atoms. The number of hydrogen-bond donors (Lipinski definition) is 3. The van der Waals surface area contributed by atoms with Crippen LogP contribution >= 0.6 is 0 Å². The van der Waals surface area contributed by atoms with Crippen LogP contribution in [0.4, 0.5) is 0 Å². The molecule has 106 valence electrons. The highest BCUT2D eigenvalue weighted by atomic mass is 16.3. The van der Waals surface area contributed by atoms with Gasteiger partial charge in [0.05, 0.1) is 0 Å². The summed E-state index contributed by atoms with van der Waals surface area (Å²) < 4.78 is 0. The molecule has 0 aromatic heterocycles. The van der Waals surface area contributed by atoms with Gasteiger partial charge in [0.1, 0.15) is 6.04 Å². The van der Waals surface area contributed by atoms with Crippen molar-refractivity contribution >= 4 is 11.8 Å². The Bertz CT molecular complexity index is 269. The van der Waals surface area contributed by atoms with E-state index in [2.05, 4.69) is 10.6 Å². The second kappa shape index (κ2) is 8.91. The van der Waals surface area contributed by atoms with E-state index in [1.165, 1.54) is 0 Å². The Hall–Kier alpha value is -1.10. The molecule has 0 saturated heterocycles. The van der Waals surface area contributed by atoms with E-state index in [1.54, 1.807) is 7.05 Å². The molecule has 3 atom stereocenters. The van der Waals surface area contributed by atoms with E-state index in [0.717, 1.165) is 6.42 Å². The summed E-state index contributed by atoms with van der Waals surface area (Å²) in [7, 11) is 1.56. The summed E-state index contributed by atoms with van der Waals surface area (Å²) in [5.74, 6) is -0.230. The quantitative estimate of drug-likeness (QED) is 0.599. The van der Waals surface area contributed by atoms with Gasteiger partial charge in [-0.2, -0.15) is 0 Å². The molecule has 0 aromatic rings. The van der Waals surface area contributed by atoms with Crippen LogP contribution in [0.1, 0.15) is 40.0 Å². The predicted molar refractivity (Wildman–Crippen MR) is 70.9 cm³/mol. The first-order valence-corrected chi connectivity index (χ1v) is 6.60. The first-order valence-electron chi connectivity index (χ1n) is 6.60. The number of rotatable bonds is 8. The van der Waals surface area contributed by atoms with Crippen LogP contribution in [0.15, 0.2) is 0 Å². The van der Waals surface area contributed by atoms with Crippen LogP contribution in [0.25, 0.3) is 0 Å². The van der Waals surface area contributed by atoms with Crippen LogP contribution in [0.5, 0.6) is 0 Å². The standard InChI is InChI=1S/C13H26N2O3/c1-5-11(13(18)14-4)15-12(17)10(3)9(2)7-6-8-16/h9-11,16H,5-8H2,1-4H3,(H,14,18)(H,15,17). The first-order chi connectivity index (χ1) is 8.47. The molecule has 5 nitrogen and oxygen atoms in total. The zero-order chi connectivity index (χ0) is 14.1. The third-order valence-corrected chi connectivity index (χ3v) is 3.37. The molecule has 0 aliphatic heterocycles. The largest absolute Gasteiger partial charge is 0.396 e. The van der Waals surface area contributed by atoms with E-state index < -0.39 is 6.04 Å². The minimum atomic E-state index is -0.463. The number of nitrogens with one attached hydrogen (secondary N) is 2. The third kappa shape index (κ3) is 5.49. The van der Waals surface area contributed by atoms with Crippen molar-refractivity contribution in [3.63, 3.8) is 0 Å². The summed E-state index contributed by atoms with van der Waals surface area (Å²) in [5, 5.41) is 14.1. The van der Waals surface area contributed by atoms with Crippen LogP contribution < -0.4 is 10.6 Å². The van der Waals surface area contributed by atoms with Gasteiger partial charge in [0, 0.05) is 19.6 Å². The van der Waals surface area contributed by atoms with Gasteiger partial charge >= 0.3 is 0 Å². The monoisotopic (exact) mass is 258 g/mol. The maximum atomic E-state index is 12.0. The van der Waals surface area contributed by atoms with Crippen molar-refractivity contribution < 1.29 is 14.7 Å². The molecule has 0 heterocycles. The van der Waals surface area contributed by atoms with E-state index in [1.807, 2.05) is 20.8 Å². The van der Waals surface area contributed by atoms with Gasteiger partial charge < -0.3 is 15.7 Å².